The molecular formula is C64H77BrO12S2Si2. The summed E-state index contributed by atoms with van der Waals surface area (Å²) in [6.45, 7) is 16.0. The minimum Gasteiger partial charge on any atom is -0.497 e. The number of esters is 2. The molecule has 0 spiro atoms. The molecule has 0 saturated carbocycles. The van der Waals surface area contributed by atoms with Gasteiger partial charge in [-0.05, 0) is 107 Å². The number of hydrogen-bond donors (Lipinski definition) is 0. The second-order valence-electron chi connectivity index (χ2n) is 20.2. The van der Waals surface area contributed by atoms with Crippen molar-refractivity contribution in [3.8, 4) is 47.2 Å². The highest BCUT2D eigenvalue weighted by atomic mass is 79.9. The number of benzene rings is 6. The van der Waals surface area contributed by atoms with Gasteiger partial charge in [-0.3, -0.25) is 0 Å². The molecule has 6 aromatic rings. The van der Waals surface area contributed by atoms with E-state index in [1.165, 1.54) is 0 Å². The van der Waals surface area contributed by atoms with Crippen LogP contribution in [0.2, 0.25) is 51.4 Å². The predicted molar refractivity (Wildman–Crippen MR) is 335 cm³/mol. The van der Waals surface area contributed by atoms with Gasteiger partial charge in [-0.2, -0.15) is 0 Å². The summed E-state index contributed by atoms with van der Waals surface area (Å²) in [6.07, 6.45) is 5.04. The fourth-order valence-electron chi connectivity index (χ4n) is 6.98. The average Bonchev–Trinajstić information content (AvgIpc) is 3.53. The van der Waals surface area contributed by atoms with Crippen LogP contribution in [0.3, 0.4) is 0 Å². The second kappa shape index (κ2) is 37.2. The predicted octanol–water partition coefficient (Wildman–Crippen LogP) is 15.1. The zero-order valence-electron chi connectivity index (χ0n) is 48.4. The van der Waals surface area contributed by atoms with Crippen LogP contribution in [0.4, 0.5) is 0 Å². The number of rotatable bonds is 28. The monoisotopic (exact) mass is 1240 g/mol. The zero-order chi connectivity index (χ0) is 58.9. The fourth-order valence-corrected chi connectivity index (χ4v) is 11.0. The molecule has 432 valence electrons. The van der Waals surface area contributed by atoms with Crippen molar-refractivity contribution in [3.05, 3.63) is 177 Å². The van der Waals surface area contributed by atoms with Crippen LogP contribution in [-0.4, -0.2) is 96.5 Å². The molecule has 17 heteroatoms. The Kier molecular flexibility index (Phi) is 31.0. The standard InChI is InChI=1S/C32H38O6SSi.C21H27BrO4SSi.C11H12O2/c1-34-24-38-30-18-15-26(10-9-19-36-22-25-13-16-27(35-2)17-14-25)29(23-39-28-11-7-6-8-12-28)31(30)32(33)37-20-21-40(3,4)5;1-24-15-26-19-11-10-18(22)17(14-27-16-8-6-5-7-9-16)20(19)21(23)25-12-13-28(2,3)4;1-3-8-13-9-10-4-6-11(12-2)7-5-10/h6-8,11-18H,19-24H2,1-5H3;5-11H,12-15H2,1-4H3;1,4-7H,8-9H2,2H3. The lowest BCUT2D eigenvalue weighted by atomic mass is 10.0. The summed E-state index contributed by atoms with van der Waals surface area (Å²) < 4.78 is 55.0. The molecule has 0 saturated heterocycles. The molecule has 6 aromatic carbocycles. The molecular weight excluding hydrogens is 1160 g/mol. The van der Waals surface area contributed by atoms with E-state index in [9.17, 15) is 9.59 Å². The first-order valence-corrected chi connectivity index (χ1v) is 36.4. The Labute approximate surface area is 499 Å². The van der Waals surface area contributed by atoms with Gasteiger partial charge in [-0.25, -0.2) is 9.59 Å². The van der Waals surface area contributed by atoms with Crippen LogP contribution in [0.15, 0.2) is 148 Å². The van der Waals surface area contributed by atoms with Gasteiger partial charge in [0, 0.05) is 61.7 Å². The number of methoxy groups -OCH3 is 4. The van der Waals surface area contributed by atoms with E-state index in [4.69, 9.17) is 53.8 Å². The van der Waals surface area contributed by atoms with Gasteiger partial charge in [0.1, 0.15) is 47.3 Å². The zero-order valence-corrected chi connectivity index (χ0v) is 53.6. The summed E-state index contributed by atoms with van der Waals surface area (Å²) in [6, 6.07) is 44.7. The molecule has 0 aliphatic heterocycles. The molecule has 0 unspecified atom stereocenters. The molecule has 0 fully saturated rings. The molecule has 0 N–H and O–H groups in total. The van der Waals surface area contributed by atoms with Gasteiger partial charge >= 0.3 is 11.9 Å². The number of ether oxygens (including phenoxy) is 10. The van der Waals surface area contributed by atoms with Crippen LogP contribution in [0, 0.1) is 24.2 Å². The SMILES string of the molecule is C#CCOCc1ccc(OC)cc1.COCOc1ccc(Br)c(CSc2ccccc2)c1C(=O)OCC[Si](C)(C)C.COCOc1ccc(C#CCOCc2ccc(OC)cc2)c(CSc2ccccc2)c1C(=O)OCC[Si](C)(C)C. The largest absolute Gasteiger partial charge is 0.497 e. The highest BCUT2D eigenvalue weighted by Gasteiger charge is 2.25. The normalized spacial score (nSPS) is 10.8. The summed E-state index contributed by atoms with van der Waals surface area (Å²) in [7, 11) is 3.72. The molecule has 0 heterocycles. The Morgan fingerprint density at radius 2 is 0.975 bits per heavy atom. The summed E-state index contributed by atoms with van der Waals surface area (Å²) in [4.78, 5) is 28.6. The number of carbonyl (C=O) groups is 2. The first-order valence-electron chi connectivity index (χ1n) is 26.2. The van der Waals surface area contributed by atoms with E-state index < -0.39 is 22.1 Å². The number of halogens is 1. The van der Waals surface area contributed by atoms with Crippen LogP contribution in [0.5, 0.6) is 23.0 Å². The van der Waals surface area contributed by atoms with Crippen molar-refractivity contribution >= 4 is 67.5 Å². The number of carbonyl (C=O) groups excluding carboxylic acids is 2. The van der Waals surface area contributed by atoms with Crippen molar-refractivity contribution in [1.29, 1.82) is 0 Å². The van der Waals surface area contributed by atoms with Crippen molar-refractivity contribution < 1.29 is 57.0 Å². The number of hydrogen-bond acceptors (Lipinski definition) is 14. The first kappa shape index (κ1) is 67.5. The Balaban J connectivity index is 0.000000296. The van der Waals surface area contributed by atoms with Crippen LogP contribution < -0.4 is 18.9 Å². The van der Waals surface area contributed by atoms with Gasteiger partial charge in [-0.15, -0.1) is 29.9 Å². The summed E-state index contributed by atoms with van der Waals surface area (Å²) in [5.74, 6) is 11.7. The van der Waals surface area contributed by atoms with E-state index in [2.05, 4.69) is 85.1 Å². The third-order valence-electron chi connectivity index (χ3n) is 11.4. The summed E-state index contributed by atoms with van der Waals surface area (Å²) in [5, 5.41) is 0. The van der Waals surface area contributed by atoms with E-state index in [0.717, 1.165) is 65.7 Å². The quantitative estimate of drug-likeness (QED) is 0.0115. The van der Waals surface area contributed by atoms with E-state index in [1.54, 1.807) is 64.1 Å². The molecule has 0 aliphatic carbocycles. The van der Waals surface area contributed by atoms with Crippen LogP contribution in [0.1, 0.15) is 48.5 Å². The highest BCUT2D eigenvalue weighted by molar-refractivity contribution is 9.10. The molecule has 0 radical (unpaired) electrons. The highest BCUT2D eigenvalue weighted by Crippen LogP contribution is 2.36. The molecule has 0 amide bonds. The Morgan fingerprint density at radius 1 is 0.543 bits per heavy atom. The molecule has 6 rings (SSSR count). The Bertz CT molecular complexity index is 2920. The topological polar surface area (TPSA) is 126 Å². The van der Waals surface area contributed by atoms with Gasteiger partial charge in [0.15, 0.2) is 13.6 Å². The van der Waals surface area contributed by atoms with E-state index in [-0.39, 0.29) is 26.2 Å². The minimum absolute atomic E-state index is 0.0185. The lowest BCUT2D eigenvalue weighted by molar-refractivity contribution is 0.0427. The second-order valence-corrected chi connectivity index (χ2v) is 34.4. The minimum atomic E-state index is -1.37. The van der Waals surface area contributed by atoms with Crippen molar-refractivity contribution in [2.45, 2.75) is 85.9 Å². The third kappa shape index (κ3) is 26.2. The van der Waals surface area contributed by atoms with Gasteiger partial charge in [0.25, 0.3) is 0 Å². The third-order valence-corrected chi connectivity index (χ3v) is 17.7. The molecule has 0 bridgehead atoms. The summed E-state index contributed by atoms with van der Waals surface area (Å²) in [5.41, 5.74) is 5.34. The van der Waals surface area contributed by atoms with Crippen molar-refractivity contribution in [2.24, 2.45) is 0 Å². The van der Waals surface area contributed by atoms with Gasteiger partial charge < -0.3 is 47.4 Å². The van der Waals surface area contributed by atoms with Crippen LogP contribution in [-0.2, 0) is 53.1 Å². The summed E-state index contributed by atoms with van der Waals surface area (Å²) >= 11 is 6.88. The molecule has 81 heavy (non-hydrogen) atoms. The smallest absolute Gasteiger partial charge is 0.342 e. The van der Waals surface area contributed by atoms with Crippen molar-refractivity contribution in [3.63, 3.8) is 0 Å². The van der Waals surface area contributed by atoms with Crippen molar-refractivity contribution in [1.82, 2.24) is 0 Å². The molecule has 0 atom stereocenters. The van der Waals surface area contributed by atoms with Gasteiger partial charge in [0.05, 0.1) is 40.6 Å². The maximum Gasteiger partial charge on any atom is 0.342 e. The van der Waals surface area contributed by atoms with Crippen LogP contribution in [0.25, 0.3) is 0 Å². The number of terminal acetylenes is 1. The van der Waals surface area contributed by atoms with E-state index in [1.807, 2.05) is 109 Å². The Morgan fingerprint density at radius 3 is 1.41 bits per heavy atom. The Hall–Kier alpha value is -5.97. The first-order chi connectivity index (χ1) is 39.0. The van der Waals surface area contributed by atoms with Crippen molar-refractivity contribution in [2.75, 3.05) is 68.5 Å². The van der Waals surface area contributed by atoms with Crippen LogP contribution >= 0.6 is 39.5 Å². The van der Waals surface area contributed by atoms with Gasteiger partial charge in [0.2, 0.25) is 0 Å². The lowest BCUT2D eigenvalue weighted by Gasteiger charge is -2.18. The average molecular weight is 1240 g/mol. The number of thioether (sulfide) groups is 2. The lowest BCUT2D eigenvalue weighted by Crippen LogP contribution is -2.23. The molecule has 0 aromatic heterocycles. The fraction of sp³-hybridized carbons (Fsp3) is 0.344. The maximum atomic E-state index is 13.5. The maximum absolute atomic E-state index is 13.5. The van der Waals surface area contributed by atoms with E-state index in [0.29, 0.717) is 67.2 Å². The van der Waals surface area contributed by atoms with E-state index >= 15 is 0 Å². The molecule has 0 aliphatic rings. The molecule has 12 nitrogen and oxygen atoms in total. The van der Waals surface area contributed by atoms with Gasteiger partial charge in [-0.1, -0.05) is 134 Å².